The Balaban J connectivity index is 1.37. The number of para-hydroxylation sites is 1. The van der Waals surface area contributed by atoms with Gasteiger partial charge in [0.25, 0.3) is 15.9 Å². The first-order valence-corrected chi connectivity index (χ1v) is 12.0. The number of nitrogens with zero attached hydrogens (tertiary/aromatic N) is 3. The first-order chi connectivity index (χ1) is 16.4. The fraction of sp³-hybridized carbons (Fsp3) is 0.125. The summed E-state index contributed by atoms with van der Waals surface area (Å²) >= 11 is 0. The Morgan fingerprint density at radius 1 is 1.06 bits per heavy atom. The predicted molar refractivity (Wildman–Crippen MR) is 126 cm³/mol. The SMILES string of the molecule is O=C(Nc1cccc(-c2ncc3ccccc3n2)c1)c1ccc(N2CCOCS2(=O)=O)cc1F. The van der Waals surface area contributed by atoms with Gasteiger partial charge in [-0.05, 0) is 36.4 Å². The van der Waals surface area contributed by atoms with Gasteiger partial charge in [0.1, 0.15) is 5.82 Å². The van der Waals surface area contributed by atoms with Crippen LogP contribution in [0.3, 0.4) is 0 Å². The van der Waals surface area contributed by atoms with Gasteiger partial charge in [-0.1, -0.05) is 30.3 Å². The highest BCUT2D eigenvalue weighted by Gasteiger charge is 2.27. The highest BCUT2D eigenvalue weighted by Crippen LogP contribution is 2.25. The number of aromatic nitrogens is 2. The number of hydrogen-bond donors (Lipinski definition) is 1. The van der Waals surface area contributed by atoms with E-state index in [-0.39, 0.29) is 24.4 Å². The standard InChI is InChI=1S/C24H19FN4O4S/c25-21-13-19(29-10-11-33-15-34(29,31)32)8-9-20(21)24(30)27-18-6-3-5-16(12-18)23-26-14-17-4-1-2-7-22(17)28-23/h1-9,12-14H,10-11,15H2,(H,27,30). The molecule has 0 bridgehead atoms. The van der Waals surface area contributed by atoms with Crippen LogP contribution in [0.5, 0.6) is 0 Å². The zero-order chi connectivity index (χ0) is 23.7. The summed E-state index contributed by atoms with van der Waals surface area (Å²) in [6, 6.07) is 18.3. The zero-order valence-electron chi connectivity index (χ0n) is 17.8. The molecule has 1 amide bonds. The van der Waals surface area contributed by atoms with Gasteiger partial charge in [0.05, 0.1) is 29.9 Å². The molecule has 4 aromatic rings. The lowest BCUT2D eigenvalue weighted by atomic mass is 10.1. The van der Waals surface area contributed by atoms with E-state index in [1.54, 1.807) is 24.4 Å². The van der Waals surface area contributed by atoms with Crippen LogP contribution in [0.15, 0.2) is 72.9 Å². The second-order valence-electron chi connectivity index (χ2n) is 7.66. The molecule has 1 fully saturated rings. The average Bonchev–Trinajstić information content (AvgIpc) is 2.83. The minimum Gasteiger partial charge on any atom is -0.362 e. The molecule has 34 heavy (non-hydrogen) atoms. The lowest BCUT2D eigenvalue weighted by Crippen LogP contribution is -2.41. The van der Waals surface area contributed by atoms with Crippen molar-refractivity contribution >= 4 is 38.2 Å². The number of hydrogen-bond acceptors (Lipinski definition) is 6. The van der Waals surface area contributed by atoms with E-state index in [1.807, 2.05) is 30.3 Å². The smallest absolute Gasteiger partial charge is 0.259 e. The average molecular weight is 479 g/mol. The van der Waals surface area contributed by atoms with Crippen molar-refractivity contribution in [3.8, 4) is 11.4 Å². The molecule has 1 aliphatic heterocycles. The van der Waals surface area contributed by atoms with Gasteiger partial charge in [-0.25, -0.2) is 22.8 Å². The van der Waals surface area contributed by atoms with Gasteiger partial charge < -0.3 is 10.1 Å². The minimum atomic E-state index is -3.69. The Labute approximate surface area is 195 Å². The highest BCUT2D eigenvalue weighted by atomic mass is 32.2. The second-order valence-corrected chi connectivity index (χ2v) is 9.50. The Bertz CT molecular complexity index is 1510. The van der Waals surface area contributed by atoms with Crippen molar-refractivity contribution in [1.29, 1.82) is 0 Å². The summed E-state index contributed by atoms with van der Waals surface area (Å²) in [5, 5.41) is 3.59. The molecule has 0 unspecified atom stereocenters. The number of anilines is 2. The number of halogens is 1. The summed E-state index contributed by atoms with van der Waals surface area (Å²) in [5.74, 6) is -1.46. The summed E-state index contributed by atoms with van der Waals surface area (Å²) in [7, 11) is -3.69. The summed E-state index contributed by atoms with van der Waals surface area (Å²) in [5.41, 5.74) is 1.87. The highest BCUT2D eigenvalue weighted by molar-refractivity contribution is 7.92. The third-order valence-corrected chi connectivity index (χ3v) is 6.89. The topological polar surface area (TPSA) is 101 Å². The lowest BCUT2D eigenvalue weighted by molar-refractivity contribution is 0.102. The number of rotatable bonds is 4. The predicted octanol–water partition coefficient (Wildman–Crippen LogP) is 3.81. The van der Waals surface area contributed by atoms with E-state index >= 15 is 0 Å². The van der Waals surface area contributed by atoms with Gasteiger partial charge in [-0.2, -0.15) is 0 Å². The summed E-state index contributed by atoms with van der Waals surface area (Å²) in [4.78, 5) is 21.7. The van der Waals surface area contributed by atoms with Crippen molar-refractivity contribution in [2.45, 2.75) is 0 Å². The molecule has 172 valence electrons. The monoisotopic (exact) mass is 478 g/mol. The fourth-order valence-electron chi connectivity index (χ4n) is 3.69. The molecule has 0 aliphatic carbocycles. The molecule has 0 atom stereocenters. The number of benzene rings is 3. The maximum absolute atomic E-state index is 14.8. The van der Waals surface area contributed by atoms with Crippen LogP contribution < -0.4 is 9.62 Å². The molecule has 3 aromatic carbocycles. The van der Waals surface area contributed by atoms with Crippen molar-refractivity contribution < 1.29 is 22.3 Å². The van der Waals surface area contributed by atoms with E-state index < -0.39 is 27.7 Å². The molecule has 0 radical (unpaired) electrons. The van der Waals surface area contributed by atoms with Gasteiger partial charge in [0, 0.05) is 22.8 Å². The van der Waals surface area contributed by atoms with Crippen molar-refractivity contribution in [3.05, 3.63) is 84.3 Å². The molecule has 1 aromatic heterocycles. The van der Waals surface area contributed by atoms with Crippen molar-refractivity contribution in [2.75, 3.05) is 28.7 Å². The fourth-order valence-corrected chi connectivity index (χ4v) is 4.94. The summed E-state index contributed by atoms with van der Waals surface area (Å²) in [6.07, 6.45) is 1.73. The van der Waals surface area contributed by atoms with Crippen molar-refractivity contribution in [2.24, 2.45) is 0 Å². The maximum Gasteiger partial charge on any atom is 0.259 e. The molecule has 1 aliphatic rings. The van der Waals surface area contributed by atoms with Crippen LogP contribution in [-0.2, 0) is 14.8 Å². The first kappa shape index (κ1) is 21.9. The first-order valence-electron chi connectivity index (χ1n) is 10.4. The van der Waals surface area contributed by atoms with Gasteiger partial charge in [0.15, 0.2) is 11.8 Å². The van der Waals surface area contributed by atoms with Gasteiger partial charge >= 0.3 is 0 Å². The number of amides is 1. The van der Waals surface area contributed by atoms with Gasteiger partial charge in [-0.3, -0.25) is 9.10 Å². The van der Waals surface area contributed by atoms with Crippen LogP contribution in [0.4, 0.5) is 15.8 Å². The summed E-state index contributed by atoms with van der Waals surface area (Å²) < 4.78 is 45.1. The third-order valence-electron chi connectivity index (χ3n) is 5.36. The van der Waals surface area contributed by atoms with Crippen LogP contribution in [0.25, 0.3) is 22.3 Å². The second kappa shape index (κ2) is 8.81. The van der Waals surface area contributed by atoms with Crippen LogP contribution in [-0.4, -0.2) is 43.4 Å². The maximum atomic E-state index is 14.8. The normalized spacial score (nSPS) is 15.3. The Morgan fingerprint density at radius 2 is 1.91 bits per heavy atom. The molecule has 1 saturated heterocycles. The molecular formula is C24H19FN4O4S. The molecule has 0 saturated carbocycles. The van der Waals surface area contributed by atoms with Gasteiger partial charge in [0.2, 0.25) is 0 Å². The van der Waals surface area contributed by atoms with E-state index in [4.69, 9.17) is 4.74 Å². The Morgan fingerprint density at radius 3 is 2.74 bits per heavy atom. The quantitative estimate of drug-likeness (QED) is 0.479. The lowest BCUT2D eigenvalue weighted by Gasteiger charge is -2.28. The molecule has 10 heteroatoms. The van der Waals surface area contributed by atoms with E-state index in [1.165, 1.54) is 12.1 Å². The van der Waals surface area contributed by atoms with E-state index in [2.05, 4.69) is 15.3 Å². The van der Waals surface area contributed by atoms with Crippen LogP contribution in [0, 0.1) is 5.82 Å². The van der Waals surface area contributed by atoms with Crippen molar-refractivity contribution in [1.82, 2.24) is 9.97 Å². The minimum absolute atomic E-state index is 0.0803. The summed E-state index contributed by atoms with van der Waals surface area (Å²) in [6.45, 7) is 0.289. The number of sulfonamides is 1. The van der Waals surface area contributed by atoms with E-state index in [0.717, 1.165) is 21.3 Å². The number of carbonyl (C=O) groups excluding carboxylic acids is 1. The molecule has 8 nitrogen and oxygen atoms in total. The van der Waals surface area contributed by atoms with Crippen molar-refractivity contribution in [3.63, 3.8) is 0 Å². The molecular weight excluding hydrogens is 459 g/mol. The molecule has 5 rings (SSSR count). The van der Waals surface area contributed by atoms with Gasteiger partial charge in [-0.15, -0.1) is 0 Å². The Kier molecular flexibility index (Phi) is 5.68. The zero-order valence-corrected chi connectivity index (χ0v) is 18.6. The molecule has 1 N–H and O–H groups in total. The third kappa shape index (κ3) is 4.33. The van der Waals surface area contributed by atoms with Crippen LogP contribution in [0.1, 0.15) is 10.4 Å². The largest absolute Gasteiger partial charge is 0.362 e. The van der Waals surface area contributed by atoms with Crippen LogP contribution in [0.2, 0.25) is 0 Å². The molecule has 0 spiro atoms. The van der Waals surface area contributed by atoms with E-state index in [9.17, 15) is 17.6 Å². The molecule has 2 heterocycles. The Hall–Kier alpha value is -3.89. The number of carbonyl (C=O) groups is 1. The van der Waals surface area contributed by atoms with E-state index in [0.29, 0.717) is 17.1 Å². The van der Waals surface area contributed by atoms with Crippen LogP contribution >= 0.6 is 0 Å². The number of nitrogens with one attached hydrogen (secondary N) is 1. The number of ether oxygens (including phenoxy) is 1. The number of fused-ring (bicyclic) bond motifs is 1.